The van der Waals surface area contributed by atoms with Crippen molar-refractivity contribution in [2.24, 2.45) is 0 Å². The highest BCUT2D eigenvalue weighted by molar-refractivity contribution is 6.31. The summed E-state index contributed by atoms with van der Waals surface area (Å²) in [6.07, 6.45) is 1.60. The number of hydrogen-bond donors (Lipinski definition) is 1. The molecule has 0 saturated carbocycles. The van der Waals surface area contributed by atoms with Gasteiger partial charge in [0.2, 0.25) is 5.91 Å². The Hall–Kier alpha value is -1.06. The van der Waals surface area contributed by atoms with Crippen LogP contribution in [0, 0.1) is 0 Å². The number of nitrogens with one attached hydrogen (secondary N) is 1. The summed E-state index contributed by atoms with van der Waals surface area (Å²) in [5.74, 6) is 0.245. The van der Waals surface area contributed by atoms with Crippen LogP contribution in [0.5, 0.6) is 0 Å². The lowest BCUT2D eigenvalue weighted by molar-refractivity contribution is -0.129. The summed E-state index contributed by atoms with van der Waals surface area (Å²) in [6, 6.07) is 8.47. The zero-order valence-electron chi connectivity index (χ0n) is 11.5. The van der Waals surface area contributed by atoms with Crippen LogP contribution in [-0.4, -0.2) is 29.9 Å². The zero-order valence-corrected chi connectivity index (χ0v) is 12.3. The van der Waals surface area contributed by atoms with Gasteiger partial charge in [-0.1, -0.05) is 36.7 Å². The van der Waals surface area contributed by atoms with Gasteiger partial charge in [-0.3, -0.25) is 4.79 Å². The van der Waals surface area contributed by atoms with E-state index in [2.05, 4.69) is 12.2 Å². The minimum Gasteiger partial charge on any atom is -0.341 e. The monoisotopic (exact) mass is 280 g/mol. The smallest absolute Gasteiger partial charge is 0.222 e. The molecule has 1 aromatic carbocycles. The van der Waals surface area contributed by atoms with E-state index in [0.29, 0.717) is 12.5 Å². The molecule has 2 rings (SSSR count). The number of amides is 1. The molecule has 0 bridgehead atoms. The summed E-state index contributed by atoms with van der Waals surface area (Å²) in [5.41, 5.74) is 1.12. The Kier molecular flexibility index (Phi) is 4.83. The van der Waals surface area contributed by atoms with E-state index in [-0.39, 0.29) is 11.9 Å². The van der Waals surface area contributed by atoms with Crippen LogP contribution in [0.3, 0.4) is 0 Å². The molecule has 0 aliphatic carbocycles. The normalized spacial score (nSPS) is 20.6. The first-order valence-corrected chi connectivity index (χ1v) is 7.28. The van der Waals surface area contributed by atoms with Gasteiger partial charge < -0.3 is 10.2 Å². The van der Waals surface area contributed by atoms with E-state index in [4.69, 9.17) is 11.6 Å². The molecule has 1 heterocycles. The van der Waals surface area contributed by atoms with Gasteiger partial charge in [-0.2, -0.15) is 0 Å². The van der Waals surface area contributed by atoms with Gasteiger partial charge in [0.15, 0.2) is 0 Å². The highest BCUT2D eigenvalue weighted by Crippen LogP contribution is 2.23. The van der Waals surface area contributed by atoms with Crippen molar-refractivity contribution >= 4 is 17.5 Å². The fourth-order valence-electron chi connectivity index (χ4n) is 2.62. The molecule has 2 atom stereocenters. The maximum absolute atomic E-state index is 11.6. The van der Waals surface area contributed by atoms with E-state index in [1.807, 2.05) is 36.1 Å². The number of benzene rings is 1. The quantitative estimate of drug-likeness (QED) is 0.920. The van der Waals surface area contributed by atoms with Gasteiger partial charge in [-0.05, 0) is 25.0 Å². The molecule has 1 N–H and O–H groups in total. The average molecular weight is 281 g/mol. The standard InChI is InChI=1S/C15H21ClN2O/c1-3-15(19)18-9-8-12(10-18)17-11(2)13-6-4-5-7-14(13)16/h4-7,11-12,17H,3,8-10H2,1-2H3/t11-,12-/m1/s1. The Labute approximate surface area is 119 Å². The van der Waals surface area contributed by atoms with Crippen LogP contribution in [0.15, 0.2) is 24.3 Å². The largest absolute Gasteiger partial charge is 0.341 e. The fraction of sp³-hybridized carbons (Fsp3) is 0.533. The minimum atomic E-state index is 0.204. The average Bonchev–Trinajstić information content (AvgIpc) is 2.86. The van der Waals surface area contributed by atoms with Crippen molar-refractivity contribution in [3.63, 3.8) is 0 Å². The van der Waals surface area contributed by atoms with E-state index < -0.39 is 0 Å². The van der Waals surface area contributed by atoms with E-state index in [1.165, 1.54) is 0 Å². The SMILES string of the molecule is CCC(=O)N1CC[C@@H](N[C@H](C)c2ccccc2Cl)C1. The molecule has 1 aliphatic heterocycles. The maximum atomic E-state index is 11.6. The molecule has 0 unspecified atom stereocenters. The first-order chi connectivity index (χ1) is 9.11. The lowest BCUT2D eigenvalue weighted by Gasteiger charge is -2.21. The molecular weight excluding hydrogens is 260 g/mol. The second-order valence-electron chi connectivity index (χ2n) is 5.09. The highest BCUT2D eigenvalue weighted by Gasteiger charge is 2.26. The summed E-state index contributed by atoms with van der Waals surface area (Å²) in [7, 11) is 0. The van der Waals surface area contributed by atoms with Gasteiger partial charge in [0, 0.05) is 36.6 Å². The summed E-state index contributed by atoms with van der Waals surface area (Å²) in [4.78, 5) is 13.6. The third-order valence-corrected chi connectivity index (χ3v) is 4.05. The topological polar surface area (TPSA) is 32.3 Å². The first-order valence-electron chi connectivity index (χ1n) is 6.90. The van der Waals surface area contributed by atoms with Gasteiger partial charge >= 0.3 is 0 Å². The van der Waals surface area contributed by atoms with Crippen LogP contribution in [-0.2, 0) is 4.79 Å². The van der Waals surface area contributed by atoms with E-state index in [9.17, 15) is 4.79 Å². The van der Waals surface area contributed by atoms with Crippen LogP contribution in [0.2, 0.25) is 5.02 Å². The molecule has 1 aromatic rings. The van der Waals surface area contributed by atoms with Crippen molar-refractivity contribution in [3.05, 3.63) is 34.9 Å². The van der Waals surface area contributed by atoms with Crippen LogP contribution in [0.4, 0.5) is 0 Å². The molecule has 3 nitrogen and oxygen atoms in total. The Bertz CT molecular complexity index is 450. The van der Waals surface area contributed by atoms with Crippen molar-refractivity contribution in [2.45, 2.75) is 38.8 Å². The third kappa shape index (κ3) is 3.48. The molecule has 104 valence electrons. The van der Waals surface area contributed by atoms with Gasteiger partial charge in [-0.25, -0.2) is 0 Å². The zero-order chi connectivity index (χ0) is 13.8. The van der Waals surface area contributed by atoms with Crippen molar-refractivity contribution < 1.29 is 4.79 Å². The third-order valence-electron chi connectivity index (χ3n) is 3.70. The molecule has 19 heavy (non-hydrogen) atoms. The second-order valence-corrected chi connectivity index (χ2v) is 5.50. The highest BCUT2D eigenvalue weighted by atomic mass is 35.5. The molecule has 0 aromatic heterocycles. The number of nitrogens with zero attached hydrogens (tertiary/aromatic N) is 1. The molecule has 4 heteroatoms. The van der Waals surface area contributed by atoms with Gasteiger partial charge in [0.05, 0.1) is 0 Å². The van der Waals surface area contributed by atoms with Crippen molar-refractivity contribution in [3.8, 4) is 0 Å². The molecule has 0 radical (unpaired) electrons. The number of carbonyl (C=O) groups is 1. The first kappa shape index (κ1) is 14.4. The van der Waals surface area contributed by atoms with Crippen molar-refractivity contribution in [1.29, 1.82) is 0 Å². The second kappa shape index (κ2) is 6.40. The molecule has 1 aliphatic rings. The predicted octanol–water partition coefficient (Wildman–Crippen LogP) is 3.00. The summed E-state index contributed by atoms with van der Waals surface area (Å²) in [5, 5.41) is 4.36. The lowest BCUT2D eigenvalue weighted by Crippen LogP contribution is -2.36. The van der Waals surface area contributed by atoms with Crippen LogP contribution in [0.1, 0.15) is 38.3 Å². The van der Waals surface area contributed by atoms with Crippen molar-refractivity contribution in [2.75, 3.05) is 13.1 Å². The van der Waals surface area contributed by atoms with Gasteiger partial charge in [0.1, 0.15) is 0 Å². The number of likely N-dealkylation sites (tertiary alicyclic amines) is 1. The summed E-state index contributed by atoms with van der Waals surface area (Å²) >= 11 is 6.20. The maximum Gasteiger partial charge on any atom is 0.222 e. The summed E-state index contributed by atoms with van der Waals surface area (Å²) < 4.78 is 0. The fourth-order valence-corrected chi connectivity index (χ4v) is 2.92. The van der Waals surface area contributed by atoms with Crippen LogP contribution >= 0.6 is 11.6 Å². The lowest BCUT2D eigenvalue weighted by atomic mass is 10.1. The molecule has 1 fully saturated rings. The van der Waals surface area contributed by atoms with Crippen LogP contribution < -0.4 is 5.32 Å². The molecule has 0 spiro atoms. The predicted molar refractivity (Wildman–Crippen MR) is 78.3 cm³/mol. The summed E-state index contributed by atoms with van der Waals surface area (Å²) in [6.45, 7) is 5.70. The van der Waals surface area contributed by atoms with Crippen molar-refractivity contribution in [1.82, 2.24) is 10.2 Å². The molecule has 1 saturated heterocycles. The molecule has 1 amide bonds. The van der Waals surface area contributed by atoms with E-state index >= 15 is 0 Å². The number of halogens is 1. The number of hydrogen-bond acceptors (Lipinski definition) is 2. The minimum absolute atomic E-state index is 0.204. The number of carbonyl (C=O) groups excluding carboxylic acids is 1. The Morgan fingerprint density at radius 1 is 1.53 bits per heavy atom. The van der Waals surface area contributed by atoms with Gasteiger partial charge in [0.25, 0.3) is 0 Å². The Morgan fingerprint density at radius 2 is 2.26 bits per heavy atom. The van der Waals surface area contributed by atoms with Crippen LogP contribution in [0.25, 0.3) is 0 Å². The van der Waals surface area contributed by atoms with E-state index in [0.717, 1.165) is 30.1 Å². The van der Waals surface area contributed by atoms with E-state index in [1.54, 1.807) is 0 Å². The van der Waals surface area contributed by atoms with Gasteiger partial charge in [-0.15, -0.1) is 0 Å². The Morgan fingerprint density at radius 3 is 2.95 bits per heavy atom. The number of rotatable bonds is 4. The molecular formula is C15H21ClN2O. The Balaban J connectivity index is 1.92.